The van der Waals surface area contributed by atoms with Gasteiger partial charge < -0.3 is 49.7 Å². The van der Waals surface area contributed by atoms with Crippen molar-refractivity contribution >= 4 is 41.5 Å². The fourth-order valence-corrected chi connectivity index (χ4v) is 12.0. The minimum absolute atomic E-state index is 0.0109. The Kier molecular flexibility index (Phi) is 10.5. The summed E-state index contributed by atoms with van der Waals surface area (Å²) < 4.78 is 34.6. The van der Waals surface area contributed by atoms with Gasteiger partial charge in [0.25, 0.3) is 0 Å². The lowest BCUT2D eigenvalue weighted by Crippen LogP contribution is -2.64. The summed E-state index contributed by atoms with van der Waals surface area (Å²) in [5, 5.41) is 11.9. The Morgan fingerprint density at radius 3 is 2.57 bits per heavy atom. The van der Waals surface area contributed by atoms with Crippen LogP contribution in [-0.2, 0) is 42.8 Å². The summed E-state index contributed by atoms with van der Waals surface area (Å²) in [4.78, 5) is 62.0. The maximum absolute atomic E-state index is 14.0. The Hall–Kier alpha value is -2.92. The molecule has 15 nitrogen and oxygen atoms in total. The number of cyclic esters (lactones) is 1. The van der Waals surface area contributed by atoms with Gasteiger partial charge in [0.15, 0.2) is 11.4 Å². The summed E-state index contributed by atoms with van der Waals surface area (Å²) in [5.41, 5.74) is 0.133. The van der Waals surface area contributed by atoms with Crippen molar-refractivity contribution in [2.45, 2.75) is 112 Å². The number of unbranched alkanes of at least 4 members (excludes halogenated alkanes) is 1. The SMILES string of the molecule is C[C@]12CCC3=C(COC3=O)C1C[C@@H]1O[C@@]13C(=O)C(CCCOC(=O)NCCOCCOCCNC(=O)CCCC[C@@H]1SC[C@@H]4NC(=O)N[C@@H]41)C[C@@H]1O[C@]123. The van der Waals surface area contributed by atoms with E-state index in [0.29, 0.717) is 89.9 Å². The fourth-order valence-electron chi connectivity index (χ4n) is 10.5. The Bertz CT molecular complexity index is 1530. The topological polar surface area (TPSA) is 195 Å². The molecule has 0 bridgehead atoms. The smallest absolute Gasteiger partial charge is 0.407 e. The maximum Gasteiger partial charge on any atom is 0.407 e. The number of fused-ring (bicyclic) bond motifs is 3. The van der Waals surface area contributed by atoms with Crippen LogP contribution in [0.3, 0.4) is 0 Å². The van der Waals surface area contributed by atoms with Crippen molar-refractivity contribution in [1.29, 1.82) is 0 Å². The number of carbonyl (C=O) groups is 5. The van der Waals surface area contributed by atoms with Crippen LogP contribution >= 0.6 is 11.8 Å². The zero-order valence-corrected chi connectivity index (χ0v) is 31.2. The zero-order chi connectivity index (χ0) is 36.8. The molecule has 292 valence electrons. The molecule has 4 N–H and O–H groups in total. The van der Waals surface area contributed by atoms with Crippen LogP contribution in [0, 0.1) is 17.3 Å². The van der Waals surface area contributed by atoms with E-state index in [1.807, 2.05) is 11.8 Å². The summed E-state index contributed by atoms with van der Waals surface area (Å²) in [6, 6.07) is 0.357. The molecule has 2 spiro atoms. The van der Waals surface area contributed by atoms with Crippen molar-refractivity contribution in [2.24, 2.45) is 17.3 Å². The lowest BCUT2D eigenvalue weighted by atomic mass is 9.47. The molecule has 0 aromatic rings. The summed E-state index contributed by atoms with van der Waals surface area (Å²) in [7, 11) is 0. The second-order valence-electron chi connectivity index (χ2n) is 15.9. The number of ketones is 1. The lowest BCUT2D eigenvalue weighted by Gasteiger charge is -2.52. The number of amides is 4. The Morgan fingerprint density at radius 1 is 0.925 bits per heavy atom. The first-order valence-electron chi connectivity index (χ1n) is 19.5. The summed E-state index contributed by atoms with van der Waals surface area (Å²) in [6.45, 7) is 4.94. The molecule has 3 aliphatic carbocycles. The number of carbonyl (C=O) groups excluding carboxylic acids is 5. The number of epoxide rings is 2. The highest BCUT2D eigenvalue weighted by Crippen LogP contribution is 2.78. The molecule has 0 aromatic carbocycles. The minimum Gasteiger partial charge on any atom is -0.458 e. The van der Waals surface area contributed by atoms with Gasteiger partial charge >= 0.3 is 18.1 Å². The molecule has 0 aromatic heterocycles. The number of urea groups is 1. The highest BCUT2D eigenvalue weighted by Gasteiger charge is 2.93. The third kappa shape index (κ3) is 6.63. The average molecular weight is 761 g/mol. The standard InChI is InChI=1S/C37H52N4O11S/c1-35-9-8-22-23(19-50-32(22)44)24(35)18-27-36(51-27)31(43)21(17-28-37(35,36)52-28)5-4-12-49-34(46)39-11-14-48-16-15-47-13-10-38-29(42)7-3-2-6-26-30-25(20-53-26)40-33(45)41-30/h21,24-28,30H,2-20H2,1H3,(H,38,42)(H,39,46)(H2,40,41,45)/t21?,24?,25-,26-,27-,28-,30-,35-,36+,37+/m0/s1. The number of alkyl carbamates (subject to hydrolysis) is 1. The predicted octanol–water partition coefficient (Wildman–Crippen LogP) is 1.91. The number of rotatable bonds is 18. The van der Waals surface area contributed by atoms with E-state index in [9.17, 15) is 24.0 Å². The number of nitrogens with one attached hydrogen (secondary N) is 4. The Labute approximate surface area is 313 Å². The predicted molar refractivity (Wildman–Crippen MR) is 189 cm³/mol. The van der Waals surface area contributed by atoms with Crippen molar-refractivity contribution in [3.05, 3.63) is 11.1 Å². The Balaban J connectivity index is 0.630. The second kappa shape index (κ2) is 15.0. The number of Topliss-reactive ketones (excluding diaryl/α,β-unsaturated/α-hetero) is 1. The van der Waals surface area contributed by atoms with Crippen LogP contribution in [0.5, 0.6) is 0 Å². The zero-order valence-electron chi connectivity index (χ0n) is 30.4. The first-order valence-corrected chi connectivity index (χ1v) is 20.5. The van der Waals surface area contributed by atoms with Gasteiger partial charge in [0, 0.05) is 47.4 Å². The van der Waals surface area contributed by atoms with Crippen LogP contribution in [-0.4, -0.2) is 129 Å². The van der Waals surface area contributed by atoms with Crippen molar-refractivity contribution in [2.75, 3.05) is 58.5 Å². The van der Waals surface area contributed by atoms with Gasteiger partial charge in [-0.3, -0.25) is 9.59 Å². The van der Waals surface area contributed by atoms with E-state index in [2.05, 4.69) is 28.2 Å². The first-order chi connectivity index (χ1) is 25.7. The molecule has 53 heavy (non-hydrogen) atoms. The van der Waals surface area contributed by atoms with Gasteiger partial charge in [-0.25, -0.2) is 14.4 Å². The first kappa shape index (κ1) is 37.0. The second-order valence-corrected chi connectivity index (χ2v) is 17.2. The van der Waals surface area contributed by atoms with Crippen molar-refractivity contribution in [1.82, 2.24) is 21.3 Å². The van der Waals surface area contributed by atoms with E-state index in [4.69, 9.17) is 28.4 Å². The van der Waals surface area contributed by atoms with Crippen LogP contribution < -0.4 is 21.3 Å². The molecule has 8 rings (SSSR count). The molecule has 2 unspecified atom stereocenters. The third-order valence-corrected chi connectivity index (χ3v) is 14.6. The van der Waals surface area contributed by atoms with E-state index >= 15 is 0 Å². The van der Waals surface area contributed by atoms with E-state index in [1.165, 1.54) is 0 Å². The highest BCUT2D eigenvalue weighted by molar-refractivity contribution is 8.00. The molecule has 0 radical (unpaired) electrons. The summed E-state index contributed by atoms with van der Waals surface area (Å²) >= 11 is 1.89. The summed E-state index contributed by atoms with van der Waals surface area (Å²) in [6.07, 6.45) is 6.44. The molecule has 6 fully saturated rings. The van der Waals surface area contributed by atoms with E-state index < -0.39 is 17.3 Å². The molecule has 2 saturated carbocycles. The molecule has 4 saturated heterocycles. The maximum atomic E-state index is 14.0. The number of hydrogen-bond acceptors (Lipinski definition) is 12. The molecule has 10 atom stereocenters. The van der Waals surface area contributed by atoms with Crippen LogP contribution in [0.15, 0.2) is 11.1 Å². The van der Waals surface area contributed by atoms with Crippen LogP contribution in [0.25, 0.3) is 0 Å². The molecule has 4 amide bonds. The van der Waals surface area contributed by atoms with Crippen LogP contribution in [0.4, 0.5) is 9.59 Å². The van der Waals surface area contributed by atoms with Crippen LogP contribution in [0.1, 0.15) is 71.1 Å². The van der Waals surface area contributed by atoms with Crippen molar-refractivity contribution in [3.8, 4) is 0 Å². The van der Waals surface area contributed by atoms with Crippen molar-refractivity contribution in [3.63, 3.8) is 0 Å². The van der Waals surface area contributed by atoms with E-state index in [-0.39, 0.29) is 71.8 Å². The fraction of sp³-hybridized carbons (Fsp3) is 0.811. The molecular weight excluding hydrogens is 708 g/mol. The summed E-state index contributed by atoms with van der Waals surface area (Å²) in [5.74, 6) is 0.819. The number of thioether (sulfide) groups is 1. The van der Waals surface area contributed by atoms with Gasteiger partial charge in [0.2, 0.25) is 5.91 Å². The molecular formula is C37H52N4O11S. The number of esters is 1. The van der Waals surface area contributed by atoms with Crippen molar-refractivity contribution < 1.29 is 52.4 Å². The van der Waals surface area contributed by atoms with Gasteiger partial charge in [-0.05, 0) is 62.9 Å². The number of ether oxygens (including phenoxy) is 6. The highest BCUT2D eigenvalue weighted by atomic mass is 32.2. The quantitative estimate of drug-likeness (QED) is 0.0687. The monoisotopic (exact) mass is 760 g/mol. The third-order valence-electron chi connectivity index (χ3n) is 13.1. The molecule has 16 heteroatoms. The van der Waals surface area contributed by atoms with Crippen LogP contribution in [0.2, 0.25) is 0 Å². The molecule has 5 heterocycles. The van der Waals surface area contributed by atoms with E-state index in [0.717, 1.165) is 42.6 Å². The largest absolute Gasteiger partial charge is 0.458 e. The van der Waals surface area contributed by atoms with Gasteiger partial charge in [0.05, 0.1) is 57.3 Å². The average Bonchev–Trinajstić information content (AvgIpc) is 3.91. The molecule has 8 aliphatic rings. The van der Waals surface area contributed by atoms with Gasteiger partial charge in [-0.15, -0.1) is 0 Å². The van der Waals surface area contributed by atoms with E-state index in [1.54, 1.807) is 0 Å². The van der Waals surface area contributed by atoms with Gasteiger partial charge in [0.1, 0.15) is 12.2 Å². The normalized spacial score (nSPS) is 38.3. The Morgan fingerprint density at radius 2 is 1.74 bits per heavy atom. The molecule has 5 aliphatic heterocycles. The number of hydrogen-bond donors (Lipinski definition) is 4. The lowest BCUT2D eigenvalue weighted by molar-refractivity contribution is -0.138. The van der Waals surface area contributed by atoms with Gasteiger partial charge in [-0.2, -0.15) is 11.8 Å². The van der Waals surface area contributed by atoms with Gasteiger partial charge in [-0.1, -0.05) is 13.3 Å². The minimum atomic E-state index is -0.886.